The van der Waals surface area contributed by atoms with Crippen LogP contribution in [0.4, 0.5) is 0 Å². The van der Waals surface area contributed by atoms with Crippen molar-refractivity contribution >= 4 is 23.6 Å². The predicted molar refractivity (Wildman–Crippen MR) is 136 cm³/mol. The zero-order valence-electron chi connectivity index (χ0n) is 20.6. The number of aromatic hydroxyl groups is 1. The number of nitrogens with two attached hydrogens (primary N) is 1. The molecular formula is C26H35N5O5. The Kier molecular flexibility index (Phi) is 11.4. The van der Waals surface area contributed by atoms with E-state index in [4.69, 9.17) is 5.73 Å². The third-order valence-electron chi connectivity index (χ3n) is 5.39. The molecule has 194 valence electrons. The van der Waals surface area contributed by atoms with Crippen LogP contribution in [-0.2, 0) is 32.0 Å². The highest BCUT2D eigenvalue weighted by atomic mass is 16.3. The quantitative estimate of drug-likeness (QED) is 0.231. The summed E-state index contributed by atoms with van der Waals surface area (Å²) in [5.41, 5.74) is 7.58. The Morgan fingerprint density at radius 1 is 0.833 bits per heavy atom. The summed E-state index contributed by atoms with van der Waals surface area (Å²) < 4.78 is 0. The highest BCUT2D eigenvalue weighted by Crippen LogP contribution is 2.11. The minimum atomic E-state index is -0.927. The van der Waals surface area contributed by atoms with Crippen LogP contribution in [0.15, 0.2) is 54.6 Å². The maximum absolute atomic E-state index is 12.5. The molecule has 0 saturated heterocycles. The molecule has 0 fully saturated rings. The summed E-state index contributed by atoms with van der Waals surface area (Å²) in [5, 5.41) is 19.8. The van der Waals surface area contributed by atoms with Crippen molar-refractivity contribution in [1.82, 2.24) is 21.3 Å². The van der Waals surface area contributed by atoms with Crippen molar-refractivity contribution in [2.45, 2.75) is 51.2 Å². The van der Waals surface area contributed by atoms with Crippen LogP contribution >= 0.6 is 0 Å². The number of rotatable bonds is 13. The molecule has 2 aromatic carbocycles. The largest absolute Gasteiger partial charge is 0.508 e. The van der Waals surface area contributed by atoms with Gasteiger partial charge in [-0.15, -0.1) is 0 Å². The summed E-state index contributed by atoms with van der Waals surface area (Å²) in [7, 11) is 0. The van der Waals surface area contributed by atoms with Crippen LogP contribution in [0.5, 0.6) is 5.75 Å². The monoisotopic (exact) mass is 497 g/mol. The third-order valence-corrected chi connectivity index (χ3v) is 5.39. The molecule has 7 N–H and O–H groups in total. The molecule has 0 aromatic heterocycles. The van der Waals surface area contributed by atoms with Crippen molar-refractivity contribution in [2.75, 3.05) is 13.1 Å². The Morgan fingerprint density at radius 2 is 1.47 bits per heavy atom. The van der Waals surface area contributed by atoms with Gasteiger partial charge in [-0.25, -0.2) is 0 Å². The molecule has 4 amide bonds. The Hall–Kier alpha value is -3.92. The number of nitrogens with one attached hydrogen (secondary N) is 4. The molecule has 10 nitrogen and oxygen atoms in total. The molecule has 0 heterocycles. The number of phenols is 1. The minimum Gasteiger partial charge on any atom is -0.508 e. The van der Waals surface area contributed by atoms with Crippen LogP contribution in [0.3, 0.4) is 0 Å². The molecule has 0 aliphatic rings. The van der Waals surface area contributed by atoms with Gasteiger partial charge in [-0.3, -0.25) is 19.2 Å². The lowest BCUT2D eigenvalue weighted by molar-refractivity contribution is -0.131. The highest BCUT2D eigenvalue weighted by Gasteiger charge is 2.23. The fourth-order valence-electron chi connectivity index (χ4n) is 3.36. The van der Waals surface area contributed by atoms with Gasteiger partial charge in [0, 0.05) is 13.0 Å². The fourth-order valence-corrected chi connectivity index (χ4v) is 3.36. The molecule has 10 heteroatoms. The first-order chi connectivity index (χ1) is 17.2. The third kappa shape index (κ3) is 9.75. The van der Waals surface area contributed by atoms with Crippen LogP contribution in [0.1, 0.15) is 31.4 Å². The molecule has 36 heavy (non-hydrogen) atoms. The Morgan fingerprint density at radius 3 is 2.11 bits per heavy atom. The van der Waals surface area contributed by atoms with E-state index in [1.54, 1.807) is 12.1 Å². The molecule has 0 aliphatic carbocycles. The van der Waals surface area contributed by atoms with Gasteiger partial charge in [-0.2, -0.15) is 0 Å². The molecule has 0 bridgehead atoms. The lowest BCUT2D eigenvalue weighted by atomic mass is 10.1. The Labute approximate surface area is 211 Å². The van der Waals surface area contributed by atoms with Gasteiger partial charge < -0.3 is 32.1 Å². The Balaban J connectivity index is 1.83. The first-order valence-electron chi connectivity index (χ1n) is 11.9. The average molecular weight is 498 g/mol. The number of carbonyl (C=O) groups is 4. The summed E-state index contributed by atoms with van der Waals surface area (Å²) in [5.74, 6) is -1.81. The van der Waals surface area contributed by atoms with Gasteiger partial charge >= 0.3 is 0 Å². The zero-order chi connectivity index (χ0) is 26.5. The van der Waals surface area contributed by atoms with E-state index in [-0.39, 0.29) is 24.6 Å². The standard InChI is InChI=1S/C26H35N5O5/c1-3-13-28-26(36)22(15-18-7-5-4-6-8-18)31-23(33)16-29-24(34)17(2)30-25(35)21(27)14-19-9-11-20(32)12-10-19/h4-12,17,21-22,32H,3,13-16,27H2,1-2H3,(H,28,36)(H,29,34)(H,30,35)(H,31,33)/t17-,21-,22-/m0/s1. The second-order valence-electron chi connectivity index (χ2n) is 8.53. The van der Waals surface area contributed by atoms with Gasteiger partial charge in [-0.05, 0) is 43.0 Å². The van der Waals surface area contributed by atoms with Crippen LogP contribution < -0.4 is 27.0 Å². The second kappa shape index (κ2) is 14.5. The van der Waals surface area contributed by atoms with E-state index in [1.807, 2.05) is 37.3 Å². The number of hydrogen-bond donors (Lipinski definition) is 6. The average Bonchev–Trinajstić information content (AvgIpc) is 2.87. The van der Waals surface area contributed by atoms with Crippen LogP contribution in [0.25, 0.3) is 0 Å². The number of benzene rings is 2. The van der Waals surface area contributed by atoms with Gasteiger partial charge in [0.1, 0.15) is 17.8 Å². The predicted octanol–water partition coefficient (Wildman–Crippen LogP) is 0.137. The number of phenolic OH excluding ortho intramolecular Hbond substituents is 1. The van der Waals surface area contributed by atoms with Crippen molar-refractivity contribution < 1.29 is 24.3 Å². The molecule has 0 unspecified atom stereocenters. The van der Waals surface area contributed by atoms with E-state index in [0.29, 0.717) is 13.0 Å². The highest BCUT2D eigenvalue weighted by molar-refractivity contribution is 5.93. The van der Waals surface area contributed by atoms with Gasteiger partial charge in [0.2, 0.25) is 23.6 Å². The maximum atomic E-state index is 12.5. The van der Waals surface area contributed by atoms with Crippen LogP contribution in [-0.4, -0.2) is 60.0 Å². The second-order valence-corrected chi connectivity index (χ2v) is 8.53. The zero-order valence-corrected chi connectivity index (χ0v) is 20.6. The summed E-state index contributed by atoms with van der Waals surface area (Å²) in [6.45, 7) is 3.55. The van der Waals surface area contributed by atoms with Crippen LogP contribution in [0, 0.1) is 0 Å². The maximum Gasteiger partial charge on any atom is 0.242 e. The van der Waals surface area contributed by atoms with E-state index >= 15 is 0 Å². The van der Waals surface area contributed by atoms with E-state index < -0.39 is 35.8 Å². The minimum absolute atomic E-state index is 0.110. The van der Waals surface area contributed by atoms with E-state index in [2.05, 4.69) is 21.3 Å². The molecule has 0 spiro atoms. The summed E-state index contributed by atoms with van der Waals surface area (Å²) in [6, 6.07) is 13.0. The number of amides is 4. The van der Waals surface area contributed by atoms with Gasteiger partial charge in [0.05, 0.1) is 12.6 Å². The topological polar surface area (TPSA) is 163 Å². The van der Waals surface area contributed by atoms with Crippen LogP contribution in [0.2, 0.25) is 0 Å². The molecular weight excluding hydrogens is 462 g/mol. The smallest absolute Gasteiger partial charge is 0.242 e. The summed E-state index contributed by atoms with van der Waals surface area (Å²) in [4.78, 5) is 49.8. The normalized spacial score (nSPS) is 13.1. The Bertz CT molecular complexity index is 1010. The lowest BCUT2D eigenvalue weighted by Crippen LogP contribution is -2.53. The van der Waals surface area contributed by atoms with Gasteiger partial charge in [0.25, 0.3) is 0 Å². The first kappa shape index (κ1) is 28.3. The molecule has 2 aromatic rings. The molecule has 0 radical (unpaired) electrons. The van der Waals surface area contributed by atoms with Gasteiger partial charge in [0.15, 0.2) is 0 Å². The van der Waals surface area contributed by atoms with Crippen molar-refractivity contribution in [3.8, 4) is 5.75 Å². The molecule has 3 atom stereocenters. The number of hydrogen-bond acceptors (Lipinski definition) is 6. The summed E-state index contributed by atoms with van der Waals surface area (Å²) >= 11 is 0. The van der Waals surface area contributed by atoms with E-state index in [1.165, 1.54) is 19.1 Å². The van der Waals surface area contributed by atoms with Crippen molar-refractivity contribution in [3.05, 3.63) is 65.7 Å². The van der Waals surface area contributed by atoms with E-state index in [9.17, 15) is 24.3 Å². The molecule has 2 rings (SSSR count). The molecule has 0 aliphatic heterocycles. The SMILES string of the molecule is CCCNC(=O)[C@H](Cc1ccccc1)NC(=O)CNC(=O)[C@H](C)NC(=O)[C@@H](N)Cc1ccc(O)cc1. The molecule has 0 saturated carbocycles. The van der Waals surface area contributed by atoms with E-state index in [0.717, 1.165) is 17.5 Å². The van der Waals surface area contributed by atoms with Crippen molar-refractivity contribution in [1.29, 1.82) is 0 Å². The van der Waals surface area contributed by atoms with Crippen molar-refractivity contribution in [2.24, 2.45) is 5.73 Å². The lowest BCUT2D eigenvalue weighted by Gasteiger charge is -2.20. The van der Waals surface area contributed by atoms with Gasteiger partial charge in [-0.1, -0.05) is 49.4 Å². The first-order valence-corrected chi connectivity index (χ1v) is 11.9. The fraction of sp³-hybridized carbons (Fsp3) is 0.385. The number of carbonyl (C=O) groups excluding carboxylic acids is 4. The summed E-state index contributed by atoms with van der Waals surface area (Å²) in [6.07, 6.45) is 1.29. The van der Waals surface area contributed by atoms with Crippen molar-refractivity contribution in [3.63, 3.8) is 0 Å².